The maximum atomic E-state index is 14.2. The van der Waals surface area contributed by atoms with E-state index in [1.54, 1.807) is 12.1 Å². The molecule has 0 amide bonds. The third kappa shape index (κ3) is 3.96. The predicted octanol–water partition coefficient (Wildman–Crippen LogP) is 6.41. The number of fused-ring (bicyclic) bond motifs is 2. The van der Waals surface area contributed by atoms with Crippen LogP contribution in [0, 0.1) is 12.7 Å². The van der Waals surface area contributed by atoms with Crippen molar-refractivity contribution in [2.45, 2.75) is 51.3 Å². The number of hydrogen-bond donors (Lipinski definition) is 0. The summed E-state index contributed by atoms with van der Waals surface area (Å²) in [5, 5.41) is 3.80. The van der Waals surface area contributed by atoms with Crippen molar-refractivity contribution in [2.24, 2.45) is 0 Å². The van der Waals surface area contributed by atoms with Gasteiger partial charge in [0.15, 0.2) is 0 Å². The number of epoxide rings is 1. The number of likely N-dealkylation sites (tertiary alicyclic amines) is 1. The topological polar surface area (TPSA) is 20.7 Å². The van der Waals surface area contributed by atoms with Gasteiger partial charge in [0.2, 0.25) is 0 Å². The van der Waals surface area contributed by atoms with Gasteiger partial charge >= 0.3 is 0 Å². The van der Waals surface area contributed by atoms with Crippen LogP contribution in [0.1, 0.15) is 42.4 Å². The number of rotatable bonds is 5. The Bertz CT molecular complexity index is 1320. The Balaban J connectivity index is 1.22. The molecular weight excluding hydrogens is 411 g/mol. The average molecular weight is 443 g/mol. The van der Waals surface area contributed by atoms with Crippen LogP contribution in [0.3, 0.4) is 0 Å². The quantitative estimate of drug-likeness (QED) is 0.333. The van der Waals surface area contributed by atoms with E-state index in [4.69, 9.17) is 4.74 Å². The summed E-state index contributed by atoms with van der Waals surface area (Å²) in [6.07, 6.45) is 4.48. The van der Waals surface area contributed by atoms with Crippen LogP contribution in [0.15, 0.2) is 60.8 Å². The average Bonchev–Trinajstić information content (AvgIpc) is 3.44. The number of aryl methyl sites for hydroxylation is 1. The lowest BCUT2D eigenvalue weighted by Crippen LogP contribution is -2.32. The SMILES string of the molecule is Cc1cccc2cccc(CN3CCC(c4cn(CC5(C)CO5)c5ccc(F)cc45)CC3)c12. The standard InChI is InChI=1S/C29H31FN2O/c1-20-5-3-6-22-7-4-8-23(28(20)22)16-31-13-11-21(12-14-31)26-17-32(18-29(2)19-33-29)27-10-9-24(30)15-25(26)27/h3-10,15,17,21H,11-14,16,18-19H2,1-2H3. The Morgan fingerprint density at radius 3 is 2.58 bits per heavy atom. The van der Waals surface area contributed by atoms with Gasteiger partial charge in [0.25, 0.3) is 0 Å². The van der Waals surface area contributed by atoms with Crippen molar-refractivity contribution in [1.82, 2.24) is 9.47 Å². The van der Waals surface area contributed by atoms with Gasteiger partial charge in [-0.05, 0) is 91.4 Å². The second-order valence-electron chi connectivity index (χ2n) is 10.3. The Kier molecular flexibility index (Phi) is 5.04. The van der Waals surface area contributed by atoms with Crippen molar-refractivity contribution in [2.75, 3.05) is 19.7 Å². The second kappa shape index (κ2) is 7.96. The van der Waals surface area contributed by atoms with Crippen LogP contribution in [0.25, 0.3) is 21.7 Å². The molecule has 3 nitrogen and oxygen atoms in total. The highest BCUT2D eigenvalue weighted by molar-refractivity contribution is 5.88. The Morgan fingerprint density at radius 1 is 1.06 bits per heavy atom. The summed E-state index contributed by atoms with van der Waals surface area (Å²) in [6, 6.07) is 18.5. The third-order valence-electron chi connectivity index (χ3n) is 7.64. The maximum Gasteiger partial charge on any atom is 0.123 e. The van der Waals surface area contributed by atoms with Gasteiger partial charge < -0.3 is 9.30 Å². The van der Waals surface area contributed by atoms with E-state index in [0.29, 0.717) is 5.92 Å². The first-order chi connectivity index (χ1) is 16.0. The van der Waals surface area contributed by atoms with E-state index >= 15 is 0 Å². The largest absolute Gasteiger partial charge is 0.368 e. The first-order valence-electron chi connectivity index (χ1n) is 12.1. The molecule has 0 saturated carbocycles. The molecule has 0 N–H and O–H groups in total. The number of aromatic nitrogens is 1. The third-order valence-corrected chi connectivity index (χ3v) is 7.64. The molecule has 170 valence electrons. The molecule has 0 aliphatic carbocycles. The summed E-state index contributed by atoms with van der Waals surface area (Å²) < 4.78 is 22.1. The van der Waals surface area contributed by atoms with E-state index in [0.717, 1.165) is 56.5 Å². The zero-order valence-electron chi connectivity index (χ0n) is 19.5. The van der Waals surface area contributed by atoms with E-state index in [1.807, 2.05) is 6.07 Å². The Labute approximate surface area is 194 Å². The summed E-state index contributed by atoms with van der Waals surface area (Å²) >= 11 is 0. The lowest BCUT2D eigenvalue weighted by molar-refractivity contribution is 0.205. The first kappa shape index (κ1) is 20.9. The van der Waals surface area contributed by atoms with Gasteiger partial charge in [-0.1, -0.05) is 36.4 Å². The molecular formula is C29H31FN2O. The molecule has 1 atom stereocenters. The number of ether oxygens (including phenoxy) is 1. The van der Waals surface area contributed by atoms with Gasteiger partial charge in [-0.3, -0.25) is 4.90 Å². The van der Waals surface area contributed by atoms with Crippen molar-refractivity contribution in [3.05, 3.63) is 83.3 Å². The molecule has 0 spiro atoms. The molecule has 4 aromatic rings. The highest BCUT2D eigenvalue weighted by Crippen LogP contribution is 2.37. The molecule has 2 fully saturated rings. The molecule has 3 heterocycles. The molecule has 0 bridgehead atoms. The molecule has 2 saturated heterocycles. The molecule has 1 aromatic heterocycles. The van der Waals surface area contributed by atoms with Crippen molar-refractivity contribution in [1.29, 1.82) is 0 Å². The van der Waals surface area contributed by atoms with Crippen LogP contribution < -0.4 is 0 Å². The Hall–Kier alpha value is -2.69. The lowest BCUT2D eigenvalue weighted by Gasteiger charge is -2.32. The van der Waals surface area contributed by atoms with E-state index in [9.17, 15) is 4.39 Å². The summed E-state index contributed by atoms with van der Waals surface area (Å²) in [6.45, 7) is 9.10. The molecule has 0 radical (unpaired) electrons. The second-order valence-corrected chi connectivity index (χ2v) is 10.3. The molecule has 2 aliphatic rings. The van der Waals surface area contributed by atoms with E-state index < -0.39 is 0 Å². The van der Waals surface area contributed by atoms with E-state index in [2.05, 4.69) is 65.9 Å². The fourth-order valence-corrected chi connectivity index (χ4v) is 5.72. The number of hydrogen-bond acceptors (Lipinski definition) is 2. The molecule has 3 aromatic carbocycles. The van der Waals surface area contributed by atoms with Crippen molar-refractivity contribution in [3.63, 3.8) is 0 Å². The smallest absolute Gasteiger partial charge is 0.123 e. The number of halogens is 1. The fourth-order valence-electron chi connectivity index (χ4n) is 5.72. The van der Waals surface area contributed by atoms with Crippen molar-refractivity contribution in [3.8, 4) is 0 Å². The van der Waals surface area contributed by atoms with Gasteiger partial charge in [0, 0.05) is 23.6 Å². The zero-order chi connectivity index (χ0) is 22.6. The monoisotopic (exact) mass is 442 g/mol. The van der Waals surface area contributed by atoms with Gasteiger partial charge in [0.05, 0.1) is 13.2 Å². The summed E-state index contributed by atoms with van der Waals surface area (Å²) in [5.74, 6) is 0.313. The number of benzene rings is 3. The zero-order valence-corrected chi connectivity index (χ0v) is 19.5. The van der Waals surface area contributed by atoms with Crippen molar-refractivity contribution < 1.29 is 9.13 Å². The highest BCUT2D eigenvalue weighted by atomic mass is 19.1. The lowest BCUT2D eigenvalue weighted by atomic mass is 9.89. The van der Waals surface area contributed by atoms with Gasteiger partial charge in [-0.2, -0.15) is 0 Å². The van der Waals surface area contributed by atoms with Gasteiger partial charge in [-0.25, -0.2) is 4.39 Å². The first-order valence-corrected chi connectivity index (χ1v) is 12.1. The van der Waals surface area contributed by atoms with Crippen molar-refractivity contribution >= 4 is 21.7 Å². The number of nitrogens with zero attached hydrogens (tertiary/aromatic N) is 2. The molecule has 6 rings (SSSR count). The van der Waals surface area contributed by atoms with E-state index in [-0.39, 0.29) is 11.4 Å². The Morgan fingerprint density at radius 2 is 1.82 bits per heavy atom. The summed E-state index contributed by atoms with van der Waals surface area (Å²) in [5.41, 5.74) is 5.12. The predicted molar refractivity (Wildman–Crippen MR) is 132 cm³/mol. The maximum absolute atomic E-state index is 14.2. The van der Waals surface area contributed by atoms with Crippen LogP contribution in [-0.2, 0) is 17.8 Å². The van der Waals surface area contributed by atoms with E-state index in [1.165, 1.54) is 27.5 Å². The van der Waals surface area contributed by atoms with Crippen LogP contribution in [0.2, 0.25) is 0 Å². The minimum atomic E-state index is -0.154. The van der Waals surface area contributed by atoms with Gasteiger partial charge in [0.1, 0.15) is 11.4 Å². The van der Waals surface area contributed by atoms with Crippen LogP contribution in [0.5, 0.6) is 0 Å². The van der Waals surface area contributed by atoms with Crippen LogP contribution in [-0.4, -0.2) is 34.8 Å². The minimum absolute atomic E-state index is 0.0719. The fraction of sp³-hybridized carbons (Fsp3) is 0.379. The molecule has 4 heteroatoms. The molecule has 2 aliphatic heterocycles. The van der Waals surface area contributed by atoms with Gasteiger partial charge in [-0.15, -0.1) is 0 Å². The molecule has 33 heavy (non-hydrogen) atoms. The molecule has 1 unspecified atom stereocenters. The normalized spacial score (nSPS) is 21.8. The summed E-state index contributed by atoms with van der Waals surface area (Å²) in [4.78, 5) is 2.58. The highest BCUT2D eigenvalue weighted by Gasteiger charge is 2.40. The summed E-state index contributed by atoms with van der Waals surface area (Å²) in [7, 11) is 0. The van der Waals surface area contributed by atoms with Crippen LogP contribution >= 0.6 is 0 Å². The minimum Gasteiger partial charge on any atom is -0.368 e. The number of piperidine rings is 1. The van der Waals surface area contributed by atoms with Crippen LogP contribution in [0.4, 0.5) is 4.39 Å².